The number of anilines is 2. The number of unbranched alkanes of at least 4 members (excludes halogenated alkanes) is 1. The second-order valence-corrected chi connectivity index (χ2v) is 21.6. The number of carbonyl (C=O) groups excluding carboxylic acids is 2. The van der Waals surface area contributed by atoms with Crippen LogP contribution in [-0.2, 0) is 21.4 Å². The number of ether oxygens (including phenoxy) is 1. The van der Waals surface area contributed by atoms with Gasteiger partial charge in [-0.25, -0.2) is 19.6 Å². The molecular weight excluding hydrogens is 957 g/mol. The van der Waals surface area contributed by atoms with Crippen LogP contribution in [-0.4, -0.2) is 136 Å². The number of nitrogens with one attached hydrogen (secondary N) is 1. The molecule has 380 valence electrons. The van der Waals surface area contributed by atoms with Crippen molar-refractivity contribution in [3.05, 3.63) is 81.4 Å². The molecular formula is C50H62N14O6S2. The van der Waals surface area contributed by atoms with Gasteiger partial charge in [0, 0.05) is 48.7 Å². The molecule has 2 aliphatic heterocycles. The molecule has 9 rings (SSSR count). The van der Waals surface area contributed by atoms with Gasteiger partial charge in [-0.2, -0.15) is 10.2 Å². The fraction of sp³-hybridized carbons (Fsp3) is 0.520. The highest BCUT2D eigenvalue weighted by Crippen LogP contribution is 2.48. The maximum Gasteiger partial charge on any atom is 0.253 e. The topological polar surface area (TPSA) is 264 Å². The molecule has 3 aliphatic rings. The number of rotatable bonds is 17. The minimum absolute atomic E-state index is 0.0112. The van der Waals surface area contributed by atoms with Gasteiger partial charge in [-0.15, -0.1) is 22.7 Å². The van der Waals surface area contributed by atoms with Gasteiger partial charge in [0.15, 0.2) is 0 Å². The summed E-state index contributed by atoms with van der Waals surface area (Å²) in [5, 5.41) is 47.3. The van der Waals surface area contributed by atoms with Crippen molar-refractivity contribution in [2.45, 2.75) is 115 Å². The number of aliphatic hydroxyl groups is 2. The third-order valence-electron chi connectivity index (χ3n) is 14.2. The molecule has 2 amide bonds. The number of nitrogens with zero attached hydrogens (tertiary/aromatic N) is 12. The Morgan fingerprint density at radius 3 is 2.68 bits per heavy atom. The number of likely N-dealkylation sites (tertiary alicyclic amines) is 1. The van der Waals surface area contributed by atoms with Crippen LogP contribution in [0.15, 0.2) is 52.8 Å². The van der Waals surface area contributed by atoms with Gasteiger partial charge >= 0.3 is 0 Å². The number of amides is 2. The maximum atomic E-state index is 14.3. The molecule has 2 fully saturated rings. The van der Waals surface area contributed by atoms with Crippen molar-refractivity contribution in [3.63, 3.8) is 0 Å². The number of aryl methyl sites for hydroxylation is 2. The molecule has 6 atom stereocenters. The molecule has 0 spiro atoms. The van der Waals surface area contributed by atoms with Crippen molar-refractivity contribution in [2.75, 3.05) is 56.6 Å². The van der Waals surface area contributed by atoms with Gasteiger partial charge in [-0.3, -0.25) is 9.59 Å². The molecule has 5 aromatic heterocycles. The van der Waals surface area contributed by atoms with Crippen molar-refractivity contribution in [3.8, 4) is 33.9 Å². The lowest BCUT2D eigenvalue weighted by Gasteiger charge is -2.30. The second kappa shape index (κ2) is 21.8. The van der Waals surface area contributed by atoms with Crippen LogP contribution >= 0.6 is 22.7 Å². The number of aliphatic hydroxyl groups excluding tert-OH is 2. The molecule has 20 nitrogen and oxygen atoms in total. The Morgan fingerprint density at radius 1 is 1.11 bits per heavy atom. The molecule has 1 aliphatic carbocycles. The lowest BCUT2D eigenvalue weighted by molar-refractivity contribution is -0.142. The van der Waals surface area contributed by atoms with Crippen LogP contribution < -0.4 is 20.7 Å². The smallest absolute Gasteiger partial charge is 0.253 e. The van der Waals surface area contributed by atoms with Gasteiger partial charge in [0.05, 0.1) is 58.6 Å². The standard InChI is InChI=1S/C50H62N14O6S2/c1-29(2)42(47(68)63-25-34(66)22-38(63)46(67)55-37(27-65)32-11-13-33(14-12-32)43-31(4)54-28-71-43)64-26-40(58-60-64)69-21-7-6-18-61-19-9-20-62(30(3)24-61)49-53-17-15-36(56-49)45-57-48(70-59-45)50(5)16-8-10-39-41(50)35(23-51)44(52)72-39/h11-15,17,26,28-30,34,37-38,42,65-66H,6-10,16,18-22,24-25,27,52H2,1-5H3,(H,55,67). The van der Waals surface area contributed by atoms with Gasteiger partial charge in [0.25, 0.3) is 5.88 Å². The molecule has 1 aromatic carbocycles. The highest BCUT2D eigenvalue weighted by atomic mass is 32.1. The Morgan fingerprint density at radius 2 is 1.93 bits per heavy atom. The summed E-state index contributed by atoms with van der Waals surface area (Å²) >= 11 is 3.02. The second-order valence-electron chi connectivity index (χ2n) is 19.6. The van der Waals surface area contributed by atoms with Crippen LogP contribution in [0.5, 0.6) is 5.88 Å². The number of nitrogens with two attached hydrogens (primary N) is 1. The predicted molar refractivity (Wildman–Crippen MR) is 271 cm³/mol. The number of hydrogen-bond donors (Lipinski definition) is 4. The average molecular weight is 1020 g/mol. The van der Waals surface area contributed by atoms with E-state index in [0.29, 0.717) is 52.0 Å². The van der Waals surface area contributed by atoms with Gasteiger partial charge in [0.2, 0.25) is 29.5 Å². The van der Waals surface area contributed by atoms with Crippen molar-refractivity contribution < 1.29 is 29.1 Å². The number of hydrogen-bond acceptors (Lipinski definition) is 19. The monoisotopic (exact) mass is 1020 g/mol. The number of nitrogen functional groups attached to an aromatic ring is 1. The molecule has 6 aromatic rings. The Balaban J connectivity index is 0.754. The largest absolute Gasteiger partial charge is 0.475 e. The third kappa shape index (κ3) is 10.4. The van der Waals surface area contributed by atoms with Gasteiger partial charge in [-0.1, -0.05) is 53.6 Å². The van der Waals surface area contributed by atoms with Gasteiger partial charge in [0.1, 0.15) is 28.8 Å². The van der Waals surface area contributed by atoms with Crippen LogP contribution in [0.25, 0.3) is 22.0 Å². The van der Waals surface area contributed by atoms with E-state index in [1.165, 1.54) is 20.9 Å². The Hall–Kier alpha value is -6.38. The normalized spacial score (nSPS) is 21.3. The van der Waals surface area contributed by atoms with Crippen molar-refractivity contribution >= 4 is 45.4 Å². The van der Waals surface area contributed by atoms with E-state index in [9.17, 15) is 25.1 Å². The summed E-state index contributed by atoms with van der Waals surface area (Å²) in [4.78, 5) is 55.0. The number of carbonyl (C=O) groups is 2. The first-order valence-electron chi connectivity index (χ1n) is 24.7. The number of aromatic nitrogens is 8. The SMILES string of the molecule is Cc1ncsc1-c1ccc(C(CO)NC(=O)C2CC(O)CN2C(=O)C(C(C)C)n2cc(OCCCCN3CCCN(c4nccc(-c5noc(C6(C)CCCc7sc(N)c(C#N)c76)n5)n4)C(C)C3)nn2)cc1. The van der Waals surface area contributed by atoms with E-state index in [4.69, 9.17) is 25.0 Å². The van der Waals surface area contributed by atoms with Crippen LogP contribution in [0.4, 0.5) is 10.9 Å². The van der Waals surface area contributed by atoms with Gasteiger partial charge in [-0.05, 0) is 95.5 Å². The van der Waals surface area contributed by atoms with E-state index in [1.807, 2.05) is 52.0 Å². The summed E-state index contributed by atoms with van der Waals surface area (Å²) in [6, 6.07) is 9.36. The summed E-state index contributed by atoms with van der Waals surface area (Å²) < 4.78 is 13.4. The van der Waals surface area contributed by atoms with E-state index < -0.39 is 35.6 Å². The molecule has 0 bridgehead atoms. The Bertz CT molecular complexity index is 2890. The summed E-state index contributed by atoms with van der Waals surface area (Å²) in [5.74, 6) is 0.673. The molecule has 22 heteroatoms. The highest BCUT2D eigenvalue weighted by molar-refractivity contribution is 7.16. The van der Waals surface area contributed by atoms with Crippen LogP contribution in [0.2, 0.25) is 0 Å². The number of thiophene rings is 1. The lowest BCUT2D eigenvalue weighted by atomic mass is 9.72. The maximum absolute atomic E-state index is 14.3. The van der Waals surface area contributed by atoms with Crippen molar-refractivity contribution in [1.82, 2.24) is 55.2 Å². The zero-order valence-corrected chi connectivity index (χ0v) is 42.9. The van der Waals surface area contributed by atoms with Crippen LogP contribution in [0.3, 0.4) is 0 Å². The van der Waals surface area contributed by atoms with Crippen molar-refractivity contribution in [2.24, 2.45) is 5.92 Å². The Kier molecular flexibility index (Phi) is 15.3. The van der Waals surface area contributed by atoms with E-state index in [-0.39, 0.29) is 37.4 Å². The first kappa shape index (κ1) is 50.6. The number of fused-ring (bicyclic) bond motifs is 1. The predicted octanol–water partition coefficient (Wildman–Crippen LogP) is 5.48. The zero-order valence-electron chi connectivity index (χ0n) is 41.3. The van der Waals surface area contributed by atoms with E-state index in [2.05, 4.69) is 53.5 Å². The fourth-order valence-corrected chi connectivity index (χ4v) is 12.4. The molecule has 0 radical (unpaired) electrons. The molecule has 0 saturated carbocycles. The first-order valence-corrected chi connectivity index (χ1v) is 26.4. The lowest BCUT2D eigenvalue weighted by Crippen LogP contribution is -2.50. The van der Waals surface area contributed by atoms with Crippen LogP contribution in [0, 0.1) is 24.2 Å². The number of thiazole rings is 1. The minimum Gasteiger partial charge on any atom is -0.475 e. The summed E-state index contributed by atoms with van der Waals surface area (Å²) in [5.41, 5.74) is 12.0. The van der Waals surface area contributed by atoms with E-state index in [1.54, 1.807) is 35.3 Å². The average Bonchev–Trinajstić information content (AvgIpc) is 4.23. The number of benzene rings is 1. The number of nitriles is 1. The van der Waals surface area contributed by atoms with Crippen LogP contribution in [0.1, 0.15) is 111 Å². The first-order chi connectivity index (χ1) is 34.8. The molecule has 2 saturated heterocycles. The minimum atomic E-state index is -0.943. The summed E-state index contributed by atoms with van der Waals surface area (Å²) in [7, 11) is 0. The van der Waals surface area contributed by atoms with Crippen molar-refractivity contribution in [1.29, 1.82) is 5.26 Å². The fourth-order valence-electron chi connectivity index (χ4n) is 10.4. The molecule has 6 unspecified atom stereocenters. The summed E-state index contributed by atoms with van der Waals surface area (Å²) in [6.45, 7) is 13.4. The van der Waals surface area contributed by atoms with E-state index in [0.717, 1.165) is 91.3 Å². The quantitative estimate of drug-likeness (QED) is 0.0825. The Labute approximate surface area is 426 Å². The number of β-amino-alcohol motifs (C(OH)–C–C–N with tert-alkyl or cyclic N) is 1. The highest BCUT2D eigenvalue weighted by Gasteiger charge is 2.45. The molecule has 72 heavy (non-hydrogen) atoms. The zero-order chi connectivity index (χ0) is 50.7. The molecule has 5 N–H and O–H groups in total. The third-order valence-corrected chi connectivity index (χ3v) is 16.2. The van der Waals surface area contributed by atoms with E-state index >= 15 is 0 Å². The van der Waals surface area contributed by atoms with Gasteiger partial charge < -0.3 is 45.2 Å². The molecule has 7 heterocycles. The summed E-state index contributed by atoms with van der Waals surface area (Å²) in [6.07, 6.45) is 7.68.